The van der Waals surface area contributed by atoms with Crippen LogP contribution in [0.15, 0.2) is 28.8 Å². The Hall–Kier alpha value is -1.88. The molecule has 1 aliphatic rings. The second-order valence-electron chi connectivity index (χ2n) is 5.63. The highest BCUT2D eigenvalue weighted by molar-refractivity contribution is 6.31. The van der Waals surface area contributed by atoms with E-state index < -0.39 is 0 Å². The van der Waals surface area contributed by atoms with E-state index in [0.29, 0.717) is 36.9 Å². The molecule has 3 rings (SSSR count). The minimum Gasteiger partial charge on any atom is -0.353 e. The van der Waals surface area contributed by atoms with Crippen molar-refractivity contribution in [2.24, 2.45) is 0 Å². The van der Waals surface area contributed by atoms with Gasteiger partial charge in [-0.1, -0.05) is 35.0 Å². The van der Waals surface area contributed by atoms with Crippen LogP contribution >= 0.6 is 11.6 Å². The summed E-state index contributed by atoms with van der Waals surface area (Å²) in [6, 6.07) is 8.02. The normalized spacial score (nSPS) is 19.9. The third kappa shape index (κ3) is 3.65. The highest BCUT2D eigenvalue weighted by atomic mass is 35.5. The lowest BCUT2D eigenvalue weighted by Gasteiger charge is -2.05. The van der Waals surface area contributed by atoms with Crippen LogP contribution in [0.4, 0.5) is 0 Å². The van der Waals surface area contributed by atoms with E-state index in [0.717, 1.165) is 17.0 Å². The summed E-state index contributed by atoms with van der Waals surface area (Å²) < 4.78 is 5.02. The summed E-state index contributed by atoms with van der Waals surface area (Å²) in [7, 11) is 0. The molecular formula is C16H18ClN3O2. The van der Waals surface area contributed by atoms with Gasteiger partial charge in [0, 0.05) is 29.8 Å². The van der Waals surface area contributed by atoms with Gasteiger partial charge in [0.15, 0.2) is 5.82 Å². The van der Waals surface area contributed by atoms with Crippen molar-refractivity contribution in [2.45, 2.75) is 44.6 Å². The quantitative estimate of drug-likeness (QED) is 0.888. The van der Waals surface area contributed by atoms with Gasteiger partial charge in [0.1, 0.15) is 0 Å². The summed E-state index contributed by atoms with van der Waals surface area (Å²) >= 11 is 6.18. The van der Waals surface area contributed by atoms with Crippen molar-refractivity contribution in [3.8, 4) is 0 Å². The minimum absolute atomic E-state index is 0.0655. The lowest BCUT2D eigenvalue weighted by molar-refractivity contribution is -0.121. The molecule has 0 radical (unpaired) electrons. The maximum atomic E-state index is 11.9. The van der Waals surface area contributed by atoms with Crippen LogP contribution in [0.1, 0.15) is 42.5 Å². The predicted molar refractivity (Wildman–Crippen MR) is 82.7 cm³/mol. The first-order valence-corrected chi connectivity index (χ1v) is 7.84. The van der Waals surface area contributed by atoms with Crippen LogP contribution in [0, 0.1) is 6.92 Å². The van der Waals surface area contributed by atoms with E-state index in [4.69, 9.17) is 16.1 Å². The molecule has 2 atom stereocenters. The van der Waals surface area contributed by atoms with Gasteiger partial charge in [-0.05, 0) is 31.4 Å². The monoisotopic (exact) mass is 319 g/mol. The number of aromatic nitrogens is 2. The molecule has 1 N–H and O–H groups in total. The number of hydrogen-bond donors (Lipinski definition) is 1. The van der Waals surface area contributed by atoms with Crippen molar-refractivity contribution in [3.63, 3.8) is 0 Å². The minimum atomic E-state index is 0.0655. The van der Waals surface area contributed by atoms with Gasteiger partial charge in [-0.25, -0.2) is 0 Å². The summed E-state index contributed by atoms with van der Waals surface area (Å²) in [5, 5.41) is 7.56. The Morgan fingerprint density at radius 2 is 2.27 bits per heavy atom. The number of hydrogen-bond acceptors (Lipinski definition) is 4. The molecule has 0 spiro atoms. The van der Waals surface area contributed by atoms with Crippen molar-refractivity contribution in [2.75, 3.05) is 0 Å². The molecule has 22 heavy (non-hydrogen) atoms. The number of amides is 1. The number of nitrogens with zero attached hydrogens (tertiary/aromatic N) is 2. The molecule has 1 fully saturated rings. The summed E-state index contributed by atoms with van der Waals surface area (Å²) in [5.74, 6) is 1.62. The zero-order chi connectivity index (χ0) is 15.5. The maximum absolute atomic E-state index is 11.9. The summed E-state index contributed by atoms with van der Waals surface area (Å²) in [6.45, 7) is 1.78. The molecule has 0 aliphatic heterocycles. The Balaban J connectivity index is 1.41. The molecule has 1 heterocycles. The molecule has 1 aromatic carbocycles. The lowest BCUT2D eigenvalue weighted by atomic mass is 10.1. The van der Waals surface area contributed by atoms with Crippen molar-refractivity contribution < 1.29 is 9.32 Å². The van der Waals surface area contributed by atoms with Gasteiger partial charge in [0.05, 0.1) is 0 Å². The molecule has 6 heteroatoms. The van der Waals surface area contributed by atoms with Crippen LogP contribution < -0.4 is 5.32 Å². The van der Waals surface area contributed by atoms with Crippen molar-refractivity contribution in [1.29, 1.82) is 0 Å². The molecule has 2 aromatic rings. The van der Waals surface area contributed by atoms with E-state index >= 15 is 0 Å². The van der Waals surface area contributed by atoms with Crippen LogP contribution in [0.5, 0.6) is 0 Å². The molecule has 0 bridgehead atoms. The lowest BCUT2D eigenvalue weighted by Crippen LogP contribution is -2.26. The number of nitrogens with one attached hydrogen (secondary N) is 1. The largest absolute Gasteiger partial charge is 0.353 e. The zero-order valence-corrected chi connectivity index (χ0v) is 13.1. The van der Waals surface area contributed by atoms with E-state index in [2.05, 4.69) is 15.5 Å². The topological polar surface area (TPSA) is 68.0 Å². The Morgan fingerprint density at radius 3 is 3.00 bits per heavy atom. The molecule has 2 unspecified atom stereocenters. The Bertz CT molecular complexity index is 671. The number of rotatable bonds is 6. The van der Waals surface area contributed by atoms with Crippen LogP contribution in [0.2, 0.25) is 5.02 Å². The molecule has 0 saturated heterocycles. The van der Waals surface area contributed by atoms with Crippen LogP contribution in [0.25, 0.3) is 0 Å². The second kappa shape index (κ2) is 6.48. The summed E-state index contributed by atoms with van der Waals surface area (Å²) in [5.41, 5.74) is 1.12. The molecule has 1 aromatic heterocycles. The molecule has 1 aliphatic carbocycles. The second-order valence-corrected chi connectivity index (χ2v) is 6.03. The van der Waals surface area contributed by atoms with Gasteiger partial charge in [-0.2, -0.15) is 4.98 Å². The van der Waals surface area contributed by atoms with E-state index in [-0.39, 0.29) is 11.9 Å². The van der Waals surface area contributed by atoms with Gasteiger partial charge in [0.2, 0.25) is 11.8 Å². The smallest absolute Gasteiger partial charge is 0.226 e. The average Bonchev–Trinajstić information content (AvgIpc) is 3.11. The number of carbonyl (C=O) groups excluding carboxylic acids is 1. The van der Waals surface area contributed by atoms with Gasteiger partial charge in [-0.15, -0.1) is 0 Å². The first-order valence-electron chi connectivity index (χ1n) is 7.46. The number of benzene rings is 1. The van der Waals surface area contributed by atoms with Crippen molar-refractivity contribution >= 4 is 17.5 Å². The van der Waals surface area contributed by atoms with E-state index in [1.807, 2.05) is 24.3 Å². The first kappa shape index (κ1) is 15.0. The molecular weight excluding hydrogens is 302 g/mol. The van der Waals surface area contributed by atoms with Gasteiger partial charge >= 0.3 is 0 Å². The van der Waals surface area contributed by atoms with Crippen LogP contribution in [0.3, 0.4) is 0 Å². The first-order chi connectivity index (χ1) is 10.6. The highest BCUT2D eigenvalue weighted by Gasteiger charge is 2.40. The Morgan fingerprint density at radius 1 is 1.45 bits per heavy atom. The average molecular weight is 320 g/mol. The third-order valence-electron chi connectivity index (χ3n) is 3.81. The predicted octanol–water partition coefficient (Wildman–Crippen LogP) is 3.03. The fourth-order valence-electron chi connectivity index (χ4n) is 2.59. The third-order valence-corrected chi connectivity index (χ3v) is 4.15. The molecule has 5 nitrogen and oxygen atoms in total. The summed E-state index contributed by atoms with van der Waals surface area (Å²) in [4.78, 5) is 16.1. The van der Waals surface area contributed by atoms with Crippen LogP contribution in [-0.4, -0.2) is 22.1 Å². The fraction of sp³-hybridized carbons (Fsp3) is 0.438. The zero-order valence-electron chi connectivity index (χ0n) is 12.4. The van der Waals surface area contributed by atoms with Crippen molar-refractivity contribution in [3.05, 3.63) is 46.6 Å². The Labute approximate surface area is 134 Å². The Kier molecular flexibility index (Phi) is 4.43. The maximum Gasteiger partial charge on any atom is 0.226 e. The number of carbonyl (C=O) groups is 1. The van der Waals surface area contributed by atoms with Gasteiger partial charge in [0.25, 0.3) is 0 Å². The SMILES string of the molecule is Cc1noc(CCCC(=O)NC2CC2c2ccccc2Cl)n1. The van der Waals surface area contributed by atoms with Gasteiger partial charge < -0.3 is 9.84 Å². The van der Waals surface area contributed by atoms with E-state index in [9.17, 15) is 4.79 Å². The molecule has 1 saturated carbocycles. The highest BCUT2D eigenvalue weighted by Crippen LogP contribution is 2.43. The van der Waals surface area contributed by atoms with Crippen molar-refractivity contribution in [1.82, 2.24) is 15.5 Å². The molecule has 116 valence electrons. The molecule has 1 amide bonds. The van der Waals surface area contributed by atoms with Crippen LogP contribution in [-0.2, 0) is 11.2 Å². The van der Waals surface area contributed by atoms with Gasteiger partial charge in [-0.3, -0.25) is 4.79 Å². The number of aryl methyl sites for hydroxylation is 2. The fourth-order valence-corrected chi connectivity index (χ4v) is 2.87. The number of halogens is 1. The van der Waals surface area contributed by atoms with E-state index in [1.54, 1.807) is 6.92 Å². The van der Waals surface area contributed by atoms with E-state index in [1.165, 1.54) is 0 Å². The standard InChI is InChI=1S/C16H18ClN3O2/c1-10-18-16(22-20-10)8-4-7-15(21)19-14-9-12(14)11-5-2-3-6-13(11)17/h2-3,5-6,12,14H,4,7-9H2,1H3,(H,19,21). The summed E-state index contributed by atoms with van der Waals surface area (Å²) in [6.07, 6.45) is 2.76.